The second kappa shape index (κ2) is 33.6. The average Bonchev–Trinajstić information content (AvgIpc) is 3.26. The molecular formula is C52H74CaO10S2. The minimum absolute atomic E-state index is 0. The van der Waals surface area contributed by atoms with Crippen LogP contribution in [0, 0.1) is 0 Å². The molecule has 0 bridgehead atoms. The average molecular weight is 963 g/mol. The van der Waals surface area contributed by atoms with Crippen molar-refractivity contribution in [2.24, 2.45) is 0 Å². The Morgan fingerprint density at radius 1 is 0.477 bits per heavy atom. The predicted molar refractivity (Wildman–Crippen MR) is 260 cm³/mol. The first-order chi connectivity index (χ1) is 30.8. The number of unbranched alkanes of at least 4 members (excludes halogenated alkanes) is 22. The number of phenols is 1. The number of para-hydroxylation sites is 4. The zero-order valence-electron chi connectivity index (χ0n) is 39.2. The third-order valence-corrected chi connectivity index (χ3v) is 13.2. The van der Waals surface area contributed by atoms with E-state index in [1.165, 1.54) is 146 Å². The SMILES string of the molecule is CCCCCCCCCCCCCCc1ccc(Oc2ccccc2O)cc1S(=O)(=O)O.CCCCCCCCCCCCCCc1ccc(Oc2ccccc2[O-])cc1S(=O)(=O)[O-].[Ca+2]. The number of phenolic OH excluding ortho intramolecular Hbond substituents is 1. The first-order valence-electron chi connectivity index (χ1n) is 23.9. The van der Waals surface area contributed by atoms with Gasteiger partial charge in [-0.3, -0.25) is 4.55 Å². The number of rotatable bonds is 32. The molecule has 13 heteroatoms. The first kappa shape index (κ1) is 58.3. The minimum Gasteiger partial charge on any atom is -0.870 e. The van der Waals surface area contributed by atoms with Crippen LogP contribution in [0.1, 0.15) is 179 Å². The van der Waals surface area contributed by atoms with Gasteiger partial charge < -0.3 is 24.2 Å². The molecule has 0 unspecified atom stereocenters. The molecule has 0 saturated carbocycles. The van der Waals surface area contributed by atoms with Crippen LogP contribution in [0.2, 0.25) is 0 Å². The molecule has 4 aromatic rings. The zero-order chi connectivity index (χ0) is 46.5. The van der Waals surface area contributed by atoms with Crippen LogP contribution in [0.15, 0.2) is 94.7 Å². The molecule has 10 nitrogen and oxygen atoms in total. The van der Waals surface area contributed by atoms with Crippen LogP contribution in [0.25, 0.3) is 0 Å². The number of aromatic hydroxyl groups is 1. The van der Waals surface area contributed by atoms with Gasteiger partial charge in [0.15, 0.2) is 11.5 Å². The van der Waals surface area contributed by atoms with Gasteiger partial charge in [-0.25, -0.2) is 8.42 Å². The van der Waals surface area contributed by atoms with Gasteiger partial charge in [0, 0.05) is 6.07 Å². The van der Waals surface area contributed by atoms with E-state index in [9.17, 15) is 36.2 Å². The Labute approximate surface area is 421 Å². The van der Waals surface area contributed by atoms with Crippen LogP contribution in [0.5, 0.6) is 34.5 Å². The largest absolute Gasteiger partial charge is 2.00 e. The van der Waals surface area contributed by atoms with Crippen LogP contribution in [-0.2, 0) is 33.1 Å². The maximum atomic E-state index is 11.9. The summed E-state index contributed by atoms with van der Waals surface area (Å²) in [6.45, 7) is 4.48. The molecule has 0 amide bonds. The summed E-state index contributed by atoms with van der Waals surface area (Å²) < 4.78 is 79.9. The fraction of sp³-hybridized carbons (Fsp3) is 0.538. The Hall–Kier alpha value is -2.84. The topological polar surface area (TPSA) is 173 Å². The van der Waals surface area contributed by atoms with E-state index in [1.54, 1.807) is 54.6 Å². The third kappa shape index (κ3) is 24.7. The molecule has 0 aliphatic carbocycles. The first-order valence-corrected chi connectivity index (χ1v) is 26.8. The van der Waals surface area contributed by atoms with E-state index >= 15 is 0 Å². The summed E-state index contributed by atoms with van der Waals surface area (Å²) in [4.78, 5) is -0.394. The van der Waals surface area contributed by atoms with Gasteiger partial charge in [-0.05, 0) is 73.2 Å². The van der Waals surface area contributed by atoms with E-state index in [1.807, 2.05) is 0 Å². The van der Waals surface area contributed by atoms with Gasteiger partial charge in [0.05, 0.1) is 4.90 Å². The van der Waals surface area contributed by atoms with Crippen LogP contribution >= 0.6 is 0 Å². The summed E-state index contributed by atoms with van der Waals surface area (Å²) in [5.41, 5.74) is 1.10. The summed E-state index contributed by atoms with van der Waals surface area (Å²) in [6.07, 6.45) is 30.7. The molecule has 0 aromatic heterocycles. The smallest absolute Gasteiger partial charge is 0.870 e. The number of benzene rings is 4. The maximum absolute atomic E-state index is 11.9. The quantitative estimate of drug-likeness (QED) is 0.0272. The van der Waals surface area contributed by atoms with E-state index in [0.29, 0.717) is 24.0 Å². The standard InChI is InChI=1S/2C26H38O5S.Ca/c2*1-2-3-4-5-6-7-8-9-10-11-12-13-16-22-19-20-23(21-26(22)32(28,29)30)31-25-18-15-14-17-24(25)27;/h2*14-15,17-21,27H,2-13,16H2,1H3,(H,28,29,30);/q;;+2/p-2. The molecule has 4 aromatic carbocycles. The van der Waals surface area contributed by atoms with Crippen molar-refractivity contribution in [1.82, 2.24) is 0 Å². The van der Waals surface area contributed by atoms with Crippen molar-refractivity contribution in [2.45, 2.75) is 191 Å². The van der Waals surface area contributed by atoms with Crippen molar-refractivity contribution in [3.05, 3.63) is 96.1 Å². The number of ether oxygens (including phenoxy) is 2. The molecule has 0 heterocycles. The van der Waals surface area contributed by atoms with Gasteiger partial charge in [0.25, 0.3) is 10.1 Å². The Kier molecular flexibility index (Phi) is 30.1. The number of hydrogen-bond donors (Lipinski definition) is 2. The van der Waals surface area contributed by atoms with E-state index in [-0.39, 0.29) is 82.0 Å². The molecule has 2 N–H and O–H groups in total. The molecule has 0 radical (unpaired) electrons. The van der Waals surface area contributed by atoms with Gasteiger partial charge in [0.2, 0.25) is 0 Å². The van der Waals surface area contributed by atoms with Crippen molar-refractivity contribution >= 4 is 58.0 Å². The van der Waals surface area contributed by atoms with Gasteiger partial charge in [0.1, 0.15) is 32.3 Å². The molecule has 0 fully saturated rings. The van der Waals surface area contributed by atoms with Crippen LogP contribution in [0.4, 0.5) is 0 Å². The van der Waals surface area contributed by atoms with Crippen molar-refractivity contribution in [2.75, 3.05) is 0 Å². The Balaban J connectivity index is 0.000000440. The summed E-state index contributed by atoms with van der Waals surface area (Å²) in [5, 5.41) is 21.6. The van der Waals surface area contributed by atoms with Crippen molar-refractivity contribution in [1.29, 1.82) is 0 Å². The second-order valence-corrected chi connectivity index (χ2v) is 19.6. The van der Waals surface area contributed by atoms with E-state index in [2.05, 4.69) is 13.8 Å². The molecule has 0 atom stereocenters. The number of aryl methyl sites for hydroxylation is 2. The molecule has 0 saturated heterocycles. The van der Waals surface area contributed by atoms with Crippen LogP contribution in [0.3, 0.4) is 0 Å². The fourth-order valence-electron chi connectivity index (χ4n) is 7.73. The molecule has 65 heavy (non-hydrogen) atoms. The number of hydrogen-bond acceptors (Lipinski definition) is 9. The molecule has 356 valence electrons. The molecular weight excluding hydrogens is 889 g/mol. The zero-order valence-corrected chi connectivity index (χ0v) is 43.0. The maximum Gasteiger partial charge on any atom is 2.00 e. The minimum atomic E-state index is -4.63. The normalized spacial score (nSPS) is 11.4. The molecule has 0 aliphatic heterocycles. The molecule has 4 rings (SSSR count). The van der Waals surface area contributed by atoms with Crippen molar-refractivity contribution in [3.63, 3.8) is 0 Å². The monoisotopic (exact) mass is 962 g/mol. The summed E-state index contributed by atoms with van der Waals surface area (Å²) in [6, 6.07) is 21.7. The van der Waals surface area contributed by atoms with E-state index in [0.717, 1.165) is 38.5 Å². The van der Waals surface area contributed by atoms with Gasteiger partial charge in [-0.1, -0.05) is 203 Å². The Morgan fingerprint density at radius 3 is 1.23 bits per heavy atom. The third-order valence-electron chi connectivity index (χ3n) is 11.4. The van der Waals surface area contributed by atoms with Crippen LogP contribution < -0.4 is 14.6 Å². The summed E-state index contributed by atoms with van der Waals surface area (Å²) in [7, 11) is -9.00. The van der Waals surface area contributed by atoms with Gasteiger partial charge >= 0.3 is 37.7 Å². The van der Waals surface area contributed by atoms with E-state index in [4.69, 9.17) is 9.47 Å². The van der Waals surface area contributed by atoms with Gasteiger partial charge in [-0.15, -0.1) is 0 Å². The van der Waals surface area contributed by atoms with Crippen molar-refractivity contribution < 1.29 is 45.6 Å². The summed E-state index contributed by atoms with van der Waals surface area (Å²) >= 11 is 0. The molecule has 0 spiro atoms. The summed E-state index contributed by atoms with van der Waals surface area (Å²) in [5.74, 6) is 0.387. The Morgan fingerprint density at radius 2 is 0.831 bits per heavy atom. The molecule has 0 aliphatic rings. The van der Waals surface area contributed by atoms with Gasteiger partial charge in [-0.2, -0.15) is 8.42 Å². The van der Waals surface area contributed by atoms with E-state index < -0.39 is 20.2 Å². The Bertz CT molecular complexity index is 1970. The van der Waals surface area contributed by atoms with Crippen molar-refractivity contribution in [3.8, 4) is 34.5 Å². The van der Waals surface area contributed by atoms with Crippen LogP contribution in [-0.4, -0.2) is 68.8 Å². The second-order valence-electron chi connectivity index (χ2n) is 16.9. The predicted octanol–water partition coefficient (Wildman–Crippen LogP) is 14.0. The fourth-order valence-corrected chi connectivity index (χ4v) is 9.25.